The van der Waals surface area contributed by atoms with Gasteiger partial charge in [-0.1, -0.05) is 0 Å². The van der Waals surface area contributed by atoms with Gasteiger partial charge >= 0.3 is 0 Å². The molecule has 0 aromatic rings. The molecule has 1 fully saturated rings. The third-order valence-corrected chi connectivity index (χ3v) is 1.97. The predicted molar refractivity (Wildman–Crippen MR) is 45.1 cm³/mol. The van der Waals surface area contributed by atoms with E-state index in [-0.39, 0.29) is 18.1 Å². The van der Waals surface area contributed by atoms with Crippen LogP contribution in [0.25, 0.3) is 0 Å². The summed E-state index contributed by atoms with van der Waals surface area (Å²) in [5.41, 5.74) is 5.46. The minimum absolute atomic E-state index is 0.0731. The van der Waals surface area contributed by atoms with Crippen molar-refractivity contribution in [2.75, 3.05) is 6.54 Å². The summed E-state index contributed by atoms with van der Waals surface area (Å²) < 4.78 is 0. The van der Waals surface area contributed by atoms with Crippen LogP contribution in [0.4, 0.5) is 0 Å². The fourth-order valence-electron chi connectivity index (χ4n) is 1.49. The van der Waals surface area contributed by atoms with Crippen LogP contribution in [-0.2, 0) is 9.63 Å². The van der Waals surface area contributed by atoms with Gasteiger partial charge in [0.2, 0.25) is 0 Å². The highest BCUT2D eigenvalue weighted by atomic mass is 16.7. The normalized spacial score (nSPS) is 27.4. The predicted octanol–water partition coefficient (Wildman–Crippen LogP) is 0.276. The largest absolute Gasteiger partial charge is 0.305 e. The summed E-state index contributed by atoms with van der Waals surface area (Å²) in [5.74, 6) is 0.160. The van der Waals surface area contributed by atoms with E-state index in [0.29, 0.717) is 0 Å². The summed E-state index contributed by atoms with van der Waals surface area (Å²) in [4.78, 5) is 16.4. The van der Waals surface area contributed by atoms with Gasteiger partial charge in [0, 0.05) is 6.54 Å². The highest BCUT2D eigenvalue weighted by Gasteiger charge is 2.29. The van der Waals surface area contributed by atoms with Crippen LogP contribution in [0, 0.1) is 0 Å². The molecule has 2 N–H and O–H groups in total. The monoisotopic (exact) mass is 172 g/mol. The average Bonchev–Trinajstić information content (AvgIpc) is 2.33. The van der Waals surface area contributed by atoms with Crippen molar-refractivity contribution < 1.29 is 9.63 Å². The summed E-state index contributed by atoms with van der Waals surface area (Å²) >= 11 is 0. The highest BCUT2D eigenvalue weighted by molar-refractivity contribution is 5.81. The first-order chi connectivity index (χ1) is 5.61. The van der Waals surface area contributed by atoms with Gasteiger partial charge < -0.3 is 5.73 Å². The number of hydrogen-bond donors (Lipinski definition) is 1. The quantitative estimate of drug-likeness (QED) is 0.621. The Balaban J connectivity index is 2.46. The van der Waals surface area contributed by atoms with Gasteiger partial charge in [0.15, 0.2) is 0 Å². The minimum atomic E-state index is -0.329. The van der Waals surface area contributed by atoms with E-state index < -0.39 is 0 Å². The topological polar surface area (TPSA) is 55.6 Å². The zero-order chi connectivity index (χ0) is 9.14. The molecular weight excluding hydrogens is 156 g/mol. The van der Waals surface area contributed by atoms with E-state index in [2.05, 4.69) is 0 Å². The smallest absolute Gasteiger partial charge is 0.149 e. The fraction of sp³-hybridized carbons (Fsp3) is 0.875. The van der Waals surface area contributed by atoms with Gasteiger partial charge in [-0.15, -0.1) is 0 Å². The second kappa shape index (κ2) is 3.98. The van der Waals surface area contributed by atoms with Crippen molar-refractivity contribution in [3.05, 3.63) is 0 Å². The highest BCUT2D eigenvalue weighted by Crippen LogP contribution is 2.18. The molecule has 1 saturated heterocycles. The molecule has 1 aliphatic rings. The first-order valence-corrected chi connectivity index (χ1v) is 4.30. The molecule has 0 saturated carbocycles. The molecule has 4 heteroatoms. The van der Waals surface area contributed by atoms with Crippen molar-refractivity contribution in [1.29, 1.82) is 0 Å². The molecule has 70 valence electrons. The lowest BCUT2D eigenvalue weighted by Crippen LogP contribution is -2.39. The van der Waals surface area contributed by atoms with E-state index in [9.17, 15) is 4.79 Å². The maximum absolute atomic E-state index is 11.1. The van der Waals surface area contributed by atoms with Gasteiger partial charge in [-0.25, -0.2) is 0 Å². The van der Waals surface area contributed by atoms with Gasteiger partial charge in [-0.05, 0) is 26.7 Å². The first-order valence-electron chi connectivity index (χ1n) is 4.30. The molecular formula is C8H16N2O2. The molecule has 0 spiro atoms. The van der Waals surface area contributed by atoms with Crippen molar-refractivity contribution in [2.24, 2.45) is 5.73 Å². The third-order valence-electron chi connectivity index (χ3n) is 1.97. The zero-order valence-electron chi connectivity index (χ0n) is 7.62. The summed E-state index contributed by atoms with van der Waals surface area (Å²) in [6, 6.07) is -0.0731. The minimum Gasteiger partial charge on any atom is -0.305 e. The van der Waals surface area contributed by atoms with Crippen LogP contribution in [-0.4, -0.2) is 29.7 Å². The Labute approximate surface area is 72.6 Å². The SMILES string of the molecule is CC(=O)C1CCCN1OC(C)N. The summed E-state index contributed by atoms with van der Waals surface area (Å²) in [6.07, 6.45) is 1.57. The fourth-order valence-corrected chi connectivity index (χ4v) is 1.49. The van der Waals surface area contributed by atoms with Gasteiger partial charge in [0.25, 0.3) is 0 Å². The van der Waals surface area contributed by atoms with Crippen molar-refractivity contribution in [2.45, 2.75) is 39.0 Å². The van der Waals surface area contributed by atoms with Crippen molar-refractivity contribution in [3.8, 4) is 0 Å². The Kier molecular flexibility index (Phi) is 3.20. The Morgan fingerprint density at radius 3 is 2.92 bits per heavy atom. The van der Waals surface area contributed by atoms with Crippen LogP contribution < -0.4 is 5.73 Å². The Bertz CT molecular complexity index is 170. The number of nitrogens with zero attached hydrogens (tertiary/aromatic N) is 1. The lowest BCUT2D eigenvalue weighted by Gasteiger charge is -2.23. The number of carbonyl (C=O) groups is 1. The Morgan fingerprint density at radius 1 is 1.75 bits per heavy atom. The van der Waals surface area contributed by atoms with Crippen molar-refractivity contribution in [3.63, 3.8) is 0 Å². The summed E-state index contributed by atoms with van der Waals surface area (Å²) in [5, 5.41) is 1.70. The molecule has 0 aromatic heterocycles. The lowest BCUT2D eigenvalue weighted by molar-refractivity contribution is -0.199. The molecule has 0 radical (unpaired) electrons. The molecule has 2 atom stereocenters. The number of rotatable bonds is 3. The van der Waals surface area contributed by atoms with Crippen LogP contribution in [0.15, 0.2) is 0 Å². The maximum atomic E-state index is 11.1. The molecule has 1 aliphatic heterocycles. The van der Waals surface area contributed by atoms with Gasteiger partial charge in [0.1, 0.15) is 12.0 Å². The van der Waals surface area contributed by atoms with E-state index in [4.69, 9.17) is 10.6 Å². The van der Waals surface area contributed by atoms with Gasteiger partial charge in [-0.3, -0.25) is 9.63 Å². The molecule has 1 rings (SSSR count). The van der Waals surface area contributed by atoms with Crippen molar-refractivity contribution in [1.82, 2.24) is 5.06 Å². The molecule has 12 heavy (non-hydrogen) atoms. The molecule has 0 aromatic carbocycles. The van der Waals surface area contributed by atoms with Crippen LogP contribution in [0.1, 0.15) is 26.7 Å². The van der Waals surface area contributed by atoms with E-state index in [1.54, 1.807) is 18.9 Å². The van der Waals surface area contributed by atoms with Gasteiger partial charge in [0.05, 0.1) is 6.04 Å². The molecule has 0 bridgehead atoms. The molecule has 2 unspecified atom stereocenters. The van der Waals surface area contributed by atoms with Crippen LogP contribution in [0.5, 0.6) is 0 Å². The number of ketones is 1. The second-order valence-electron chi connectivity index (χ2n) is 3.22. The maximum Gasteiger partial charge on any atom is 0.149 e. The lowest BCUT2D eigenvalue weighted by atomic mass is 10.2. The number of nitrogens with two attached hydrogens (primary N) is 1. The molecule has 0 amide bonds. The van der Waals surface area contributed by atoms with Gasteiger partial charge in [-0.2, -0.15) is 5.06 Å². The van der Waals surface area contributed by atoms with E-state index in [0.717, 1.165) is 19.4 Å². The van der Waals surface area contributed by atoms with Crippen LogP contribution >= 0.6 is 0 Å². The number of Topliss-reactive ketones (excluding diaryl/α,β-unsaturated/α-hetero) is 1. The zero-order valence-corrected chi connectivity index (χ0v) is 7.62. The first kappa shape index (κ1) is 9.64. The number of hydroxylamine groups is 2. The summed E-state index contributed by atoms with van der Waals surface area (Å²) in [6.45, 7) is 4.16. The van der Waals surface area contributed by atoms with E-state index >= 15 is 0 Å². The van der Waals surface area contributed by atoms with Crippen molar-refractivity contribution >= 4 is 5.78 Å². The van der Waals surface area contributed by atoms with Crippen LogP contribution in [0.2, 0.25) is 0 Å². The third kappa shape index (κ3) is 2.27. The summed E-state index contributed by atoms with van der Waals surface area (Å²) in [7, 11) is 0. The number of hydrogen-bond acceptors (Lipinski definition) is 4. The second-order valence-corrected chi connectivity index (χ2v) is 3.22. The van der Waals surface area contributed by atoms with E-state index in [1.165, 1.54) is 0 Å². The molecule has 1 heterocycles. The number of carbonyl (C=O) groups excluding carboxylic acids is 1. The molecule has 0 aliphatic carbocycles. The Hall–Kier alpha value is -0.450. The Morgan fingerprint density at radius 2 is 2.42 bits per heavy atom. The molecule has 4 nitrogen and oxygen atoms in total. The van der Waals surface area contributed by atoms with Crippen LogP contribution in [0.3, 0.4) is 0 Å². The van der Waals surface area contributed by atoms with E-state index in [1.807, 2.05) is 0 Å². The standard InChI is InChI=1S/C8H16N2O2/c1-6(11)8-4-3-5-10(8)12-7(2)9/h7-8H,3-5,9H2,1-2H3. The average molecular weight is 172 g/mol.